The molecule has 5 heteroatoms. The summed E-state index contributed by atoms with van der Waals surface area (Å²) < 4.78 is 5.36. The van der Waals surface area contributed by atoms with Crippen LogP contribution in [0, 0.1) is 5.92 Å². The van der Waals surface area contributed by atoms with Crippen LogP contribution in [0.2, 0.25) is 0 Å². The van der Waals surface area contributed by atoms with Crippen molar-refractivity contribution in [3.63, 3.8) is 0 Å². The van der Waals surface area contributed by atoms with E-state index in [2.05, 4.69) is 10.2 Å². The van der Waals surface area contributed by atoms with Crippen molar-refractivity contribution in [1.29, 1.82) is 0 Å². The molecule has 1 amide bonds. The fourth-order valence-electron chi connectivity index (χ4n) is 2.80. The van der Waals surface area contributed by atoms with Crippen LogP contribution in [-0.2, 0) is 9.53 Å². The van der Waals surface area contributed by atoms with Crippen LogP contribution < -0.4 is 11.1 Å². The second-order valence-electron chi connectivity index (χ2n) is 5.48. The number of nitrogens with zero attached hydrogens (tertiary/aromatic N) is 1. The molecule has 18 heavy (non-hydrogen) atoms. The summed E-state index contributed by atoms with van der Waals surface area (Å²) in [6, 6.07) is 0.608. The zero-order valence-electron chi connectivity index (χ0n) is 11.1. The Labute approximate surface area is 109 Å². The van der Waals surface area contributed by atoms with Crippen LogP contribution in [0.3, 0.4) is 0 Å². The van der Waals surface area contributed by atoms with Gasteiger partial charge in [-0.2, -0.15) is 0 Å². The number of piperidine rings is 1. The van der Waals surface area contributed by atoms with E-state index >= 15 is 0 Å². The molecule has 3 N–H and O–H groups in total. The monoisotopic (exact) mass is 255 g/mol. The fourth-order valence-corrected chi connectivity index (χ4v) is 2.80. The Morgan fingerprint density at radius 1 is 1.22 bits per heavy atom. The van der Waals surface area contributed by atoms with Gasteiger partial charge in [0.25, 0.3) is 0 Å². The topological polar surface area (TPSA) is 67.6 Å². The van der Waals surface area contributed by atoms with Gasteiger partial charge in [0, 0.05) is 32.3 Å². The zero-order valence-corrected chi connectivity index (χ0v) is 11.1. The average Bonchev–Trinajstić information content (AvgIpc) is 2.38. The number of hydrogen-bond acceptors (Lipinski definition) is 4. The summed E-state index contributed by atoms with van der Waals surface area (Å²) >= 11 is 0. The predicted octanol–water partition coefficient (Wildman–Crippen LogP) is -0.0477. The van der Waals surface area contributed by atoms with Gasteiger partial charge in [0.1, 0.15) is 0 Å². The number of rotatable bonds is 5. The van der Waals surface area contributed by atoms with Crippen LogP contribution in [0.4, 0.5) is 0 Å². The number of amides is 1. The van der Waals surface area contributed by atoms with Crippen molar-refractivity contribution in [2.24, 2.45) is 11.7 Å². The van der Waals surface area contributed by atoms with Crippen molar-refractivity contribution in [3.05, 3.63) is 0 Å². The van der Waals surface area contributed by atoms with Gasteiger partial charge in [0.2, 0.25) is 5.91 Å². The lowest BCUT2D eigenvalue weighted by Gasteiger charge is -2.33. The third-order valence-electron chi connectivity index (χ3n) is 4.00. The molecule has 0 atom stereocenters. The Morgan fingerprint density at radius 3 is 2.50 bits per heavy atom. The summed E-state index contributed by atoms with van der Waals surface area (Å²) in [5, 5.41) is 3.67. The minimum Gasteiger partial charge on any atom is -0.381 e. The normalized spacial score (nSPS) is 24.2. The van der Waals surface area contributed by atoms with Crippen LogP contribution in [-0.4, -0.2) is 56.2 Å². The quantitative estimate of drug-likeness (QED) is 0.723. The minimum absolute atomic E-state index is 0.219. The van der Waals surface area contributed by atoms with E-state index in [4.69, 9.17) is 10.5 Å². The van der Waals surface area contributed by atoms with Crippen molar-refractivity contribution in [2.45, 2.75) is 31.7 Å². The molecule has 0 aromatic rings. The maximum atomic E-state index is 10.8. The molecule has 2 rings (SSSR count). The van der Waals surface area contributed by atoms with Crippen molar-refractivity contribution in [3.8, 4) is 0 Å². The molecule has 0 aromatic heterocycles. The van der Waals surface area contributed by atoms with Gasteiger partial charge in [-0.25, -0.2) is 0 Å². The Balaban J connectivity index is 1.59. The highest BCUT2D eigenvalue weighted by atomic mass is 16.5. The van der Waals surface area contributed by atoms with E-state index in [0.29, 0.717) is 12.6 Å². The minimum atomic E-state index is -0.219. The summed E-state index contributed by atoms with van der Waals surface area (Å²) in [6.45, 7) is 5.33. The number of likely N-dealkylation sites (tertiary alicyclic amines) is 1. The van der Waals surface area contributed by atoms with Crippen molar-refractivity contribution < 1.29 is 9.53 Å². The molecule has 2 aliphatic rings. The highest BCUT2D eigenvalue weighted by Crippen LogP contribution is 2.15. The third kappa shape index (κ3) is 4.55. The second-order valence-corrected chi connectivity index (χ2v) is 5.48. The SMILES string of the molecule is NC(=O)CN1CCC(NCC2CCOCC2)CC1. The second kappa shape index (κ2) is 7.07. The summed E-state index contributed by atoms with van der Waals surface area (Å²) in [7, 11) is 0. The van der Waals surface area contributed by atoms with Crippen molar-refractivity contribution in [1.82, 2.24) is 10.2 Å². The van der Waals surface area contributed by atoms with Crippen LogP contribution >= 0.6 is 0 Å². The first-order valence-electron chi connectivity index (χ1n) is 7.06. The molecule has 0 aromatic carbocycles. The zero-order chi connectivity index (χ0) is 12.8. The van der Waals surface area contributed by atoms with E-state index in [1.807, 2.05) is 0 Å². The lowest BCUT2D eigenvalue weighted by atomic mass is 9.98. The molecule has 0 aliphatic carbocycles. The Bertz CT molecular complexity index is 259. The van der Waals surface area contributed by atoms with Gasteiger partial charge in [-0.3, -0.25) is 9.69 Å². The van der Waals surface area contributed by atoms with Gasteiger partial charge in [0.05, 0.1) is 6.54 Å². The van der Waals surface area contributed by atoms with E-state index < -0.39 is 0 Å². The highest BCUT2D eigenvalue weighted by molar-refractivity contribution is 5.75. The van der Waals surface area contributed by atoms with Crippen LogP contribution in [0.25, 0.3) is 0 Å². The van der Waals surface area contributed by atoms with E-state index in [-0.39, 0.29) is 5.91 Å². The molecular formula is C13H25N3O2. The van der Waals surface area contributed by atoms with Crippen molar-refractivity contribution >= 4 is 5.91 Å². The van der Waals surface area contributed by atoms with Gasteiger partial charge in [0.15, 0.2) is 0 Å². The van der Waals surface area contributed by atoms with Gasteiger partial charge in [-0.1, -0.05) is 0 Å². The number of carbonyl (C=O) groups excluding carboxylic acids is 1. The molecule has 0 unspecified atom stereocenters. The first-order chi connectivity index (χ1) is 8.74. The first kappa shape index (κ1) is 13.8. The summed E-state index contributed by atoms with van der Waals surface area (Å²) in [5.41, 5.74) is 5.21. The van der Waals surface area contributed by atoms with Gasteiger partial charge in [-0.05, 0) is 38.1 Å². The lowest BCUT2D eigenvalue weighted by molar-refractivity contribution is -0.119. The maximum Gasteiger partial charge on any atom is 0.231 e. The van der Waals surface area contributed by atoms with Crippen molar-refractivity contribution in [2.75, 3.05) is 39.4 Å². The van der Waals surface area contributed by atoms with Gasteiger partial charge < -0.3 is 15.8 Å². The Kier molecular flexibility index (Phi) is 5.41. The number of nitrogens with one attached hydrogen (secondary N) is 1. The number of carbonyl (C=O) groups is 1. The fraction of sp³-hybridized carbons (Fsp3) is 0.923. The Morgan fingerprint density at radius 2 is 1.89 bits per heavy atom. The molecule has 0 bridgehead atoms. The smallest absolute Gasteiger partial charge is 0.231 e. The molecule has 2 fully saturated rings. The molecule has 0 spiro atoms. The lowest BCUT2D eigenvalue weighted by Crippen LogP contribution is -2.46. The van der Waals surface area contributed by atoms with Crippen LogP contribution in [0.5, 0.6) is 0 Å². The summed E-state index contributed by atoms with van der Waals surface area (Å²) in [5.74, 6) is 0.561. The third-order valence-corrected chi connectivity index (χ3v) is 4.00. The predicted molar refractivity (Wildman–Crippen MR) is 70.2 cm³/mol. The van der Waals surface area contributed by atoms with E-state index in [0.717, 1.165) is 51.6 Å². The first-order valence-corrected chi connectivity index (χ1v) is 7.06. The molecule has 0 saturated carbocycles. The van der Waals surface area contributed by atoms with Crippen LogP contribution in [0.15, 0.2) is 0 Å². The van der Waals surface area contributed by atoms with E-state index in [9.17, 15) is 4.79 Å². The number of ether oxygens (including phenoxy) is 1. The van der Waals surface area contributed by atoms with Gasteiger partial charge in [-0.15, -0.1) is 0 Å². The highest BCUT2D eigenvalue weighted by Gasteiger charge is 2.21. The number of primary amides is 1. The van der Waals surface area contributed by atoms with Gasteiger partial charge >= 0.3 is 0 Å². The number of nitrogens with two attached hydrogens (primary N) is 1. The molecule has 2 heterocycles. The molecule has 104 valence electrons. The van der Waals surface area contributed by atoms with Crippen LogP contribution in [0.1, 0.15) is 25.7 Å². The molecule has 0 radical (unpaired) electrons. The van der Waals surface area contributed by atoms with E-state index in [1.54, 1.807) is 0 Å². The molecule has 2 aliphatic heterocycles. The largest absolute Gasteiger partial charge is 0.381 e. The molecule has 5 nitrogen and oxygen atoms in total. The standard InChI is InChI=1S/C13H25N3O2/c14-13(17)10-16-5-1-12(2-6-16)15-9-11-3-7-18-8-4-11/h11-12,15H,1-10H2,(H2,14,17). The summed E-state index contributed by atoms with van der Waals surface area (Å²) in [4.78, 5) is 13.0. The average molecular weight is 255 g/mol. The maximum absolute atomic E-state index is 10.8. The van der Waals surface area contributed by atoms with E-state index in [1.165, 1.54) is 12.8 Å². The molecule has 2 saturated heterocycles. The summed E-state index contributed by atoms with van der Waals surface area (Å²) in [6.07, 6.45) is 4.62. The number of hydrogen-bond donors (Lipinski definition) is 2. The Hall–Kier alpha value is -0.650. The molecular weight excluding hydrogens is 230 g/mol.